The molecule has 2 heterocycles. The Labute approximate surface area is 129 Å². The highest BCUT2D eigenvalue weighted by Gasteiger charge is 2.31. The molecule has 1 aliphatic rings. The van der Waals surface area contributed by atoms with Gasteiger partial charge < -0.3 is 5.73 Å². The van der Waals surface area contributed by atoms with Crippen molar-refractivity contribution in [2.45, 2.75) is 31.7 Å². The van der Waals surface area contributed by atoms with E-state index in [0.29, 0.717) is 18.8 Å². The second kappa shape index (κ2) is 5.12. The van der Waals surface area contributed by atoms with E-state index in [1.807, 2.05) is 31.4 Å². The molecule has 0 spiro atoms. The summed E-state index contributed by atoms with van der Waals surface area (Å²) in [4.78, 5) is 1.55. The molecule has 0 radical (unpaired) electrons. The number of hydrogen-bond donors (Lipinski definition) is 1. The van der Waals surface area contributed by atoms with Crippen molar-refractivity contribution in [1.82, 2.24) is 4.31 Å². The first-order valence-corrected chi connectivity index (χ1v) is 9.14. The van der Waals surface area contributed by atoms with Crippen LogP contribution in [-0.2, 0) is 23.0 Å². The molecule has 0 saturated heterocycles. The van der Waals surface area contributed by atoms with E-state index in [-0.39, 0.29) is 4.90 Å². The van der Waals surface area contributed by atoms with Crippen LogP contribution < -0.4 is 5.73 Å². The van der Waals surface area contributed by atoms with Crippen LogP contribution in [0.5, 0.6) is 0 Å². The lowest BCUT2D eigenvalue weighted by atomic mass is 10.1. The molecule has 21 heavy (non-hydrogen) atoms. The maximum Gasteiger partial charge on any atom is 0.245 e. The van der Waals surface area contributed by atoms with Crippen molar-refractivity contribution in [3.63, 3.8) is 0 Å². The number of anilines is 1. The first-order chi connectivity index (χ1) is 9.91. The summed E-state index contributed by atoms with van der Waals surface area (Å²) >= 11 is 1.70. The molecule has 1 aromatic carbocycles. The van der Waals surface area contributed by atoms with Gasteiger partial charge in [-0.1, -0.05) is 6.07 Å². The minimum atomic E-state index is -3.55. The average molecular weight is 322 g/mol. The van der Waals surface area contributed by atoms with E-state index >= 15 is 0 Å². The van der Waals surface area contributed by atoms with Gasteiger partial charge >= 0.3 is 0 Å². The molecule has 2 aromatic rings. The van der Waals surface area contributed by atoms with E-state index in [4.69, 9.17) is 5.73 Å². The van der Waals surface area contributed by atoms with Gasteiger partial charge in [0.2, 0.25) is 10.0 Å². The van der Waals surface area contributed by atoms with Crippen LogP contribution in [0.4, 0.5) is 5.69 Å². The predicted molar refractivity (Wildman–Crippen MR) is 85.9 cm³/mol. The first-order valence-electron chi connectivity index (χ1n) is 6.82. The first kappa shape index (κ1) is 14.6. The predicted octanol–water partition coefficient (Wildman–Crippen LogP) is 2.69. The molecule has 1 aliphatic heterocycles. The van der Waals surface area contributed by atoms with Gasteiger partial charge in [-0.05, 0) is 54.5 Å². The molecule has 1 aromatic heterocycles. The Kier molecular flexibility index (Phi) is 3.55. The van der Waals surface area contributed by atoms with E-state index in [1.54, 1.807) is 21.7 Å². The van der Waals surface area contributed by atoms with Crippen molar-refractivity contribution in [2.24, 2.45) is 0 Å². The molecule has 112 valence electrons. The number of benzene rings is 1. The maximum absolute atomic E-state index is 13.0. The van der Waals surface area contributed by atoms with E-state index in [1.165, 1.54) is 4.88 Å². The SMILES string of the molecule is Cc1ccc(N)c(S(=O)(=O)N2CCc3sccc3C2)c1C. The molecular weight excluding hydrogens is 304 g/mol. The summed E-state index contributed by atoms with van der Waals surface area (Å²) in [5.41, 5.74) is 9.07. The fraction of sp³-hybridized carbons (Fsp3) is 0.333. The molecule has 4 nitrogen and oxygen atoms in total. The monoisotopic (exact) mass is 322 g/mol. The molecule has 0 amide bonds. The molecule has 0 aliphatic carbocycles. The molecule has 0 atom stereocenters. The second-order valence-corrected chi connectivity index (χ2v) is 8.26. The summed E-state index contributed by atoms with van der Waals surface area (Å²) in [5.74, 6) is 0. The van der Waals surface area contributed by atoms with Gasteiger partial charge in [-0.2, -0.15) is 4.31 Å². The standard InChI is InChI=1S/C15H18N2O2S2/c1-10-3-4-13(16)15(11(10)2)21(18,19)17-7-5-14-12(9-17)6-8-20-14/h3-4,6,8H,5,7,9,16H2,1-2H3. The fourth-order valence-corrected chi connectivity index (χ4v) is 5.41. The number of hydrogen-bond acceptors (Lipinski definition) is 4. The molecule has 2 N–H and O–H groups in total. The Hall–Kier alpha value is -1.37. The van der Waals surface area contributed by atoms with E-state index in [9.17, 15) is 8.42 Å². The van der Waals surface area contributed by atoms with Crippen LogP contribution >= 0.6 is 11.3 Å². The zero-order valence-corrected chi connectivity index (χ0v) is 13.7. The van der Waals surface area contributed by atoms with Crippen molar-refractivity contribution in [2.75, 3.05) is 12.3 Å². The fourth-order valence-electron chi connectivity index (χ4n) is 2.71. The Bertz CT molecular complexity index is 794. The Balaban J connectivity index is 2.05. The van der Waals surface area contributed by atoms with Crippen LogP contribution in [0.25, 0.3) is 0 Å². The van der Waals surface area contributed by atoms with Crippen molar-refractivity contribution in [3.05, 3.63) is 45.1 Å². The zero-order chi connectivity index (χ0) is 15.2. The number of sulfonamides is 1. The van der Waals surface area contributed by atoms with Gasteiger partial charge in [0.25, 0.3) is 0 Å². The maximum atomic E-state index is 13.0. The Morgan fingerprint density at radius 3 is 2.76 bits per heavy atom. The van der Waals surface area contributed by atoms with E-state index in [0.717, 1.165) is 23.1 Å². The number of thiophene rings is 1. The van der Waals surface area contributed by atoms with Crippen LogP contribution in [0.1, 0.15) is 21.6 Å². The highest BCUT2D eigenvalue weighted by atomic mass is 32.2. The highest BCUT2D eigenvalue weighted by Crippen LogP contribution is 2.32. The summed E-state index contributed by atoms with van der Waals surface area (Å²) in [6.07, 6.45) is 0.775. The molecule has 0 unspecified atom stereocenters. The van der Waals surface area contributed by atoms with Crippen molar-refractivity contribution < 1.29 is 8.42 Å². The van der Waals surface area contributed by atoms with Crippen LogP contribution in [-0.4, -0.2) is 19.3 Å². The summed E-state index contributed by atoms with van der Waals surface area (Å²) in [6, 6.07) is 5.54. The Morgan fingerprint density at radius 1 is 1.24 bits per heavy atom. The van der Waals surface area contributed by atoms with Crippen LogP contribution in [0.2, 0.25) is 0 Å². The van der Waals surface area contributed by atoms with Crippen molar-refractivity contribution in [1.29, 1.82) is 0 Å². The Morgan fingerprint density at radius 2 is 2.00 bits per heavy atom. The third-order valence-electron chi connectivity index (χ3n) is 4.08. The lowest BCUT2D eigenvalue weighted by molar-refractivity contribution is 0.394. The molecular formula is C15H18N2O2S2. The van der Waals surface area contributed by atoms with Gasteiger partial charge in [-0.25, -0.2) is 8.42 Å². The normalized spacial score (nSPS) is 15.9. The van der Waals surface area contributed by atoms with Gasteiger partial charge in [0.05, 0.1) is 5.69 Å². The lowest BCUT2D eigenvalue weighted by Gasteiger charge is -2.27. The average Bonchev–Trinajstić information content (AvgIpc) is 2.90. The van der Waals surface area contributed by atoms with Gasteiger partial charge in [0, 0.05) is 18.0 Å². The van der Waals surface area contributed by atoms with Crippen molar-refractivity contribution >= 4 is 27.0 Å². The minimum Gasteiger partial charge on any atom is -0.398 e. The molecule has 0 bridgehead atoms. The number of nitrogens with two attached hydrogens (primary N) is 1. The summed E-state index contributed by atoms with van der Waals surface area (Å²) < 4.78 is 27.5. The minimum absolute atomic E-state index is 0.265. The largest absolute Gasteiger partial charge is 0.398 e. The number of nitrogen functional groups attached to an aromatic ring is 1. The number of fused-ring (bicyclic) bond motifs is 1. The summed E-state index contributed by atoms with van der Waals surface area (Å²) in [7, 11) is -3.55. The van der Waals surface area contributed by atoms with Gasteiger partial charge in [-0.3, -0.25) is 0 Å². The van der Waals surface area contributed by atoms with Gasteiger partial charge in [0.1, 0.15) is 4.90 Å². The third-order valence-corrected chi connectivity index (χ3v) is 7.15. The second-order valence-electron chi connectivity index (χ2n) is 5.38. The summed E-state index contributed by atoms with van der Waals surface area (Å²) in [5, 5.41) is 2.02. The quantitative estimate of drug-likeness (QED) is 0.865. The zero-order valence-electron chi connectivity index (χ0n) is 12.1. The smallest absolute Gasteiger partial charge is 0.245 e. The molecule has 3 rings (SSSR count). The van der Waals surface area contributed by atoms with Crippen LogP contribution in [0, 0.1) is 13.8 Å². The van der Waals surface area contributed by atoms with Crippen LogP contribution in [0.15, 0.2) is 28.5 Å². The summed E-state index contributed by atoms with van der Waals surface area (Å²) in [6.45, 7) is 4.68. The molecule has 0 saturated carbocycles. The van der Waals surface area contributed by atoms with Crippen LogP contribution in [0.3, 0.4) is 0 Å². The molecule has 0 fully saturated rings. The van der Waals surface area contributed by atoms with Gasteiger partial charge in [-0.15, -0.1) is 11.3 Å². The van der Waals surface area contributed by atoms with Crippen molar-refractivity contribution in [3.8, 4) is 0 Å². The number of nitrogens with zero attached hydrogens (tertiary/aromatic N) is 1. The lowest BCUT2D eigenvalue weighted by Crippen LogP contribution is -2.36. The topological polar surface area (TPSA) is 63.4 Å². The van der Waals surface area contributed by atoms with E-state index < -0.39 is 10.0 Å². The van der Waals surface area contributed by atoms with Gasteiger partial charge in [0.15, 0.2) is 0 Å². The number of rotatable bonds is 2. The van der Waals surface area contributed by atoms with E-state index in [2.05, 4.69) is 0 Å². The molecule has 6 heteroatoms. The highest BCUT2D eigenvalue weighted by molar-refractivity contribution is 7.89. The number of aryl methyl sites for hydroxylation is 1. The third kappa shape index (κ3) is 2.37.